The van der Waals surface area contributed by atoms with Crippen LogP contribution < -0.4 is 4.90 Å². The standard InChI is InChI=1S/C10H12ClNO2/c1-3-14-10(13)12(2)9-6-4-8(11)5-7-9/h4-7H,3H2,1-2H3. The molecule has 1 aromatic carbocycles. The maximum Gasteiger partial charge on any atom is 0.413 e. The van der Waals surface area contributed by atoms with E-state index < -0.39 is 0 Å². The predicted molar refractivity (Wildman–Crippen MR) is 56.9 cm³/mol. The minimum Gasteiger partial charge on any atom is -0.449 e. The van der Waals surface area contributed by atoms with Crippen LogP contribution in [0.5, 0.6) is 0 Å². The number of carbonyl (C=O) groups is 1. The second-order valence-corrected chi connectivity index (χ2v) is 3.17. The quantitative estimate of drug-likeness (QED) is 0.756. The highest BCUT2D eigenvalue weighted by molar-refractivity contribution is 6.30. The molecule has 3 nitrogen and oxygen atoms in total. The highest BCUT2D eigenvalue weighted by Crippen LogP contribution is 2.17. The van der Waals surface area contributed by atoms with Crippen molar-refractivity contribution in [3.63, 3.8) is 0 Å². The van der Waals surface area contributed by atoms with Crippen LogP contribution in [-0.2, 0) is 4.74 Å². The zero-order chi connectivity index (χ0) is 10.6. The smallest absolute Gasteiger partial charge is 0.413 e. The van der Waals surface area contributed by atoms with E-state index in [4.69, 9.17) is 16.3 Å². The number of carbonyl (C=O) groups excluding carboxylic acids is 1. The van der Waals surface area contributed by atoms with Gasteiger partial charge in [-0.05, 0) is 31.2 Å². The van der Waals surface area contributed by atoms with E-state index in [2.05, 4.69) is 0 Å². The highest BCUT2D eigenvalue weighted by Gasteiger charge is 2.10. The molecule has 0 bridgehead atoms. The van der Waals surface area contributed by atoms with Crippen molar-refractivity contribution in [3.8, 4) is 0 Å². The van der Waals surface area contributed by atoms with Crippen molar-refractivity contribution in [1.29, 1.82) is 0 Å². The number of halogens is 1. The van der Waals surface area contributed by atoms with E-state index in [9.17, 15) is 4.79 Å². The lowest BCUT2D eigenvalue weighted by Gasteiger charge is -2.16. The van der Waals surface area contributed by atoms with Crippen LogP contribution in [0.4, 0.5) is 10.5 Å². The Morgan fingerprint density at radius 3 is 2.50 bits per heavy atom. The molecule has 0 spiro atoms. The van der Waals surface area contributed by atoms with Gasteiger partial charge in [-0.1, -0.05) is 11.6 Å². The van der Waals surface area contributed by atoms with Crippen molar-refractivity contribution in [2.24, 2.45) is 0 Å². The zero-order valence-electron chi connectivity index (χ0n) is 8.16. The highest BCUT2D eigenvalue weighted by atomic mass is 35.5. The fourth-order valence-electron chi connectivity index (χ4n) is 0.990. The van der Waals surface area contributed by atoms with E-state index in [0.717, 1.165) is 5.69 Å². The van der Waals surface area contributed by atoms with Crippen LogP contribution in [0.25, 0.3) is 0 Å². The number of benzene rings is 1. The van der Waals surface area contributed by atoms with Gasteiger partial charge in [0.15, 0.2) is 0 Å². The van der Waals surface area contributed by atoms with Gasteiger partial charge in [-0.15, -0.1) is 0 Å². The number of ether oxygens (including phenoxy) is 1. The SMILES string of the molecule is CCOC(=O)N(C)c1ccc(Cl)cc1. The summed E-state index contributed by atoms with van der Waals surface area (Å²) in [7, 11) is 1.65. The molecule has 1 rings (SSSR count). The van der Waals surface area contributed by atoms with Gasteiger partial charge in [-0.25, -0.2) is 4.79 Å². The minimum atomic E-state index is -0.366. The molecule has 0 heterocycles. The molecular weight excluding hydrogens is 202 g/mol. The number of nitrogens with zero attached hydrogens (tertiary/aromatic N) is 1. The molecule has 1 amide bonds. The molecule has 0 saturated carbocycles. The van der Waals surface area contributed by atoms with Crippen LogP contribution in [-0.4, -0.2) is 19.7 Å². The molecule has 0 aliphatic rings. The molecule has 0 aromatic heterocycles. The van der Waals surface area contributed by atoms with Crippen LogP contribution in [0.2, 0.25) is 5.02 Å². The van der Waals surface area contributed by atoms with Gasteiger partial charge >= 0.3 is 6.09 Å². The molecule has 4 heteroatoms. The molecule has 1 aromatic rings. The van der Waals surface area contributed by atoms with Crippen LogP contribution >= 0.6 is 11.6 Å². The van der Waals surface area contributed by atoms with Crippen molar-refractivity contribution >= 4 is 23.4 Å². The molecule has 0 saturated heterocycles. The Kier molecular flexibility index (Phi) is 3.77. The van der Waals surface area contributed by atoms with Gasteiger partial charge in [0.05, 0.1) is 6.61 Å². The second-order valence-electron chi connectivity index (χ2n) is 2.73. The van der Waals surface area contributed by atoms with E-state index in [1.54, 1.807) is 38.2 Å². The number of amides is 1. The van der Waals surface area contributed by atoms with Crippen molar-refractivity contribution in [2.75, 3.05) is 18.6 Å². The first-order valence-corrected chi connectivity index (χ1v) is 4.69. The van der Waals surface area contributed by atoms with E-state index in [1.165, 1.54) is 4.90 Å². The van der Waals surface area contributed by atoms with Crippen molar-refractivity contribution in [1.82, 2.24) is 0 Å². The largest absolute Gasteiger partial charge is 0.449 e. The fraction of sp³-hybridized carbons (Fsp3) is 0.300. The lowest BCUT2D eigenvalue weighted by Crippen LogP contribution is -2.26. The Morgan fingerprint density at radius 1 is 1.43 bits per heavy atom. The molecule has 0 N–H and O–H groups in total. The number of hydrogen-bond donors (Lipinski definition) is 0. The number of anilines is 1. The normalized spacial score (nSPS) is 9.64. The van der Waals surface area contributed by atoms with Crippen molar-refractivity contribution in [2.45, 2.75) is 6.92 Å². The molecule has 0 atom stereocenters. The first-order chi connectivity index (χ1) is 6.65. The van der Waals surface area contributed by atoms with E-state index in [-0.39, 0.29) is 6.09 Å². The van der Waals surface area contributed by atoms with Crippen LogP contribution in [0.15, 0.2) is 24.3 Å². The minimum absolute atomic E-state index is 0.366. The summed E-state index contributed by atoms with van der Waals surface area (Å²) < 4.78 is 4.84. The third-order valence-electron chi connectivity index (χ3n) is 1.76. The Balaban J connectivity index is 2.73. The summed E-state index contributed by atoms with van der Waals surface area (Å²) in [5, 5.41) is 0.644. The van der Waals surface area contributed by atoms with Gasteiger partial charge in [-0.3, -0.25) is 4.90 Å². The second kappa shape index (κ2) is 4.86. The molecule has 0 radical (unpaired) electrons. The van der Waals surface area contributed by atoms with Gasteiger partial charge in [0.2, 0.25) is 0 Å². The lowest BCUT2D eigenvalue weighted by atomic mass is 10.3. The molecule has 0 fully saturated rings. The summed E-state index contributed by atoms with van der Waals surface area (Å²) >= 11 is 5.72. The van der Waals surface area contributed by atoms with Crippen molar-refractivity contribution in [3.05, 3.63) is 29.3 Å². The topological polar surface area (TPSA) is 29.5 Å². The molecule has 14 heavy (non-hydrogen) atoms. The van der Waals surface area contributed by atoms with Gasteiger partial charge in [-0.2, -0.15) is 0 Å². The molecule has 0 aliphatic heterocycles. The number of hydrogen-bond acceptors (Lipinski definition) is 2. The molecular formula is C10H12ClNO2. The summed E-state index contributed by atoms with van der Waals surface area (Å²) in [6.45, 7) is 2.14. The van der Waals surface area contributed by atoms with Gasteiger partial charge in [0, 0.05) is 17.8 Å². The average Bonchev–Trinajstić information content (AvgIpc) is 2.18. The summed E-state index contributed by atoms with van der Waals surface area (Å²) in [6, 6.07) is 6.98. The van der Waals surface area contributed by atoms with Crippen LogP contribution in [0, 0.1) is 0 Å². The van der Waals surface area contributed by atoms with Crippen LogP contribution in [0.1, 0.15) is 6.92 Å². The van der Waals surface area contributed by atoms with E-state index in [1.807, 2.05) is 0 Å². The Labute approximate surface area is 88.2 Å². The predicted octanol–water partition coefficient (Wildman–Crippen LogP) is 2.93. The maximum absolute atomic E-state index is 11.3. The zero-order valence-corrected chi connectivity index (χ0v) is 8.91. The van der Waals surface area contributed by atoms with E-state index in [0.29, 0.717) is 11.6 Å². The third kappa shape index (κ3) is 2.64. The maximum atomic E-state index is 11.3. The van der Waals surface area contributed by atoms with Crippen molar-refractivity contribution < 1.29 is 9.53 Å². The summed E-state index contributed by atoms with van der Waals surface area (Å²) in [5.41, 5.74) is 0.757. The first kappa shape index (κ1) is 10.9. The lowest BCUT2D eigenvalue weighted by molar-refractivity contribution is 0.161. The van der Waals surface area contributed by atoms with Gasteiger partial charge < -0.3 is 4.74 Å². The Morgan fingerprint density at radius 2 is 2.00 bits per heavy atom. The van der Waals surface area contributed by atoms with E-state index >= 15 is 0 Å². The third-order valence-corrected chi connectivity index (χ3v) is 2.01. The first-order valence-electron chi connectivity index (χ1n) is 4.31. The number of rotatable bonds is 2. The molecule has 0 unspecified atom stereocenters. The molecule has 0 aliphatic carbocycles. The Bertz CT molecular complexity index is 310. The summed E-state index contributed by atoms with van der Waals surface area (Å²) in [6.07, 6.45) is -0.366. The van der Waals surface area contributed by atoms with Crippen LogP contribution in [0.3, 0.4) is 0 Å². The van der Waals surface area contributed by atoms with Gasteiger partial charge in [0.1, 0.15) is 0 Å². The monoisotopic (exact) mass is 213 g/mol. The van der Waals surface area contributed by atoms with Gasteiger partial charge in [0.25, 0.3) is 0 Å². The molecule has 76 valence electrons. The Hall–Kier alpha value is -1.22. The average molecular weight is 214 g/mol. The fourth-order valence-corrected chi connectivity index (χ4v) is 1.12. The summed E-state index contributed by atoms with van der Waals surface area (Å²) in [4.78, 5) is 12.7. The summed E-state index contributed by atoms with van der Waals surface area (Å²) in [5.74, 6) is 0.